The summed E-state index contributed by atoms with van der Waals surface area (Å²) in [6.45, 7) is 4.08. The van der Waals surface area contributed by atoms with Crippen LogP contribution in [-0.4, -0.2) is 10.3 Å². The Kier molecular flexibility index (Phi) is 5.27. The van der Waals surface area contributed by atoms with Crippen molar-refractivity contribution in [3.8, 4) is 16.8 Å². The van der Waals surface area contributed by atoms with E-state index in [1.54, 1.807) is 0 Å². The van der Waals surface area contributed by atoms with Crippen molar-refractivity contribution in [2.45, 2.75) is 13.8 Å². The number of aromatic nitrogens is 1. The first-order chi connectivity index (χ1) is 17.3. The normalized spacial score (nSPS) is 14.6. The molecule has 0 saturated carbocycles. The van der Waals surface area contributed by atoms with E-state index in [4.69, 9.17) is 4.99 Å². The van der Waals surface area contributed by atoms with E-state index in [2.05, 4.69) is 127 Å². The van der Waals surface area contributed by atoms with E-state index in [0.29, 0.717) is 0 Å². The van der Waals surface area contributed by atoms with Gasteiger partial charge < -0.3 is 4.57 Å². The Morgan fingerprint density at radius 2 is 1.43 bits per heavy atom. The molecule has 2 nitrogen and oxygen atoms in total. The third-order valence-electron chi connectivity index (χ3n) is 6.66. The molecule has 5 aromatic rings. The maximum Gasteiger partial charge on any atom is 0.0709 e. The van der Waals surface area contributed by atoms with E-state index in [1.165, 1.54) is 38.6 Å². The van der Waals surface area contributed by atoms with Gasteiger partial charge >= 0.3 is 0 Å². The van der Waals surface area contributed by atoms with Crippen molar-refractivity contribution in [2.75, 3.05) is 0 Å². The second-order valence-electron chi connectivity index (χ2n) is 8.77. The molecule has 0 spiro atoms. The quantitative estimate of drug-likeness (QED) is 0.261. The number of nitrogens with zero attached hydrogens (tertiary/aromatic N) is 2. The zero-order valence-electron chi connectivity index (χ0n) is 19.9. The molecule has 2 heterocycles. The molecule has 0 amide bonds. The molecule has 6 rings (SSSR count). The molecule has 0 fully saturated rings. The Balaban J connectivity index is 1.52. The maximum atomic E-state index is 4.94. The lowest BCUT2D eigenvalue weighted by Crippen LogP contribution is -1.94. The molecule has 0 N–H and O–H groups in total. The summed E-state index contributed by atoms with van der Waals surface area (Å²) < 4.78 is 2.35. The largest absolute Gasteiger partial charge is 0.309 e. The molecule has 0 radical (unpaired) electrons. The Bertz CT molecular complexity index is 1690. The third-order valence-corrected chi connectivity index (χ3v) is 6.66. The first-order valence-electron chi connectivity index (χ1n) is 12.1. The monoisotopic (exact) mass is 450 g/mol. The van der Waals surface area contributed by atoms with Crippen LogP contribution in [0.2, 0.25) is 0 Å². The fraction of sp³-hybridized carbons (Fsp3) is 0.0606. The van der Waals surface area contributed by atoms with Crippen molar-refractivity contribution in [3.63, 3.8) is 0 Å². The summed E-state index contributed by atoms with van der Waals surface area (Å²) in [5, 5.41) is 2.53. The van der Waals surface area contributed by atoms with Crippen LogP contribution in [0.1, 0.15) is 19.4 Å². The lowest BCUT2D eigenvalue weighted by atomic mass is 9.99. The van der Waals surface area contributed by atoms with Crippen molar-refractivity contribution < 1.29 is 0 Å². The molecule has 0 bridgehead atoms. The standard InChI is InChI=1S/C33H26N2/c1-3-10-30-23(4-2)15-16-26-21-24(17-19-31(26)34-30)25-18-20-33-29(22-25)28-13-8-9-14-32(28)35(33)27-11-6-5-7-12-27/h3-22H,1-2H3/b10-3+,23-4-. The van der Waals surface area contributed by atoms with Gasteiger partial charge in [0.2, 0.25) is 0 Å². The number of aliphatic imine (C=N–C) groups is 1. The van der Waals surface area contributed by atoms with E-state index in [1.807, 2.05) is 13.0 Å². The number of fused-ring (bicyclic) bond motifs is 4. The molecule has 2 heteroatoms. The third kappa shape index (κ3) is 3.64. The highest BCUT2D eigenvalue weighted by atomic mass is 15.0. The molecule has 0 aliphatic carbocycles. The number of benzene rings is 4. The Labute approximate surface area is 205 Å². The van der Waals surface area contributed by atoms with Gasteiger partial charge in [0.05, 0.1) is 22.4 Å². The summed E-state index contributed by atoms with van der Waals surface area (Å²) in [7, 11) is 0. The van der Waals surface area contributed by atoms with Crippen LogP contribution in [0.15, 0.2) is 126 Å². The second kappa shape index (κ2) is 8.73. The second-order valence-corrected chi connectivity index (χ2v) is 8.77. The van der Waals surface area contributed by atoms with Crippen molar-refractivity contribution in [2.24, 2.45) is 4.99 Å². The number of hydrogen-bond donors (Lipinski definition) is 0. The van der Waals surface area contributed by atoms with E-state index >= 15 is 0 Å². The molecule has 0 atom stereocenters. The summed E-state index contributed by atoms with van der Waals surface area (Å²) in [5.74, 6) is 0. The van der Waals surface area contributed by atoms with Gasteiger partial charge in [0, 0.05) is 22.0 Å². The van der Waals surface area contributed by atoms with Crippen LogP contribution < -0.4 is 0 Å². The molecule has 4 aromatic carbocycles. The minimum atomic E-state index is 0.993. The number of rotatable bonds is 3. The minimum absolute atomic E-state index is 0.993. The lowest BCUT2D eigenvalue weighted by molar-refractivity contribution is 1.18. The number of para-hydroxylation sites is 2. The fourth-order valence-electron chi connectivity index (χ4n) is 4.97. The van der Waals surface area contributed by atoms with Crippen molar-refractivity contribution in [1.29, 1.82) is 0 Å². The van der Waals surface area contributed by atoms with Gasteiger partial charge in [-0.05, 0) is 79.1 Å². The SMILES string of the molecule is C/C=C1/C=Cc2cc(-c3ccc4c(c3)c3ccccc3n4-c3ccccc3)ccc2N=C1/C=C/C. The molecule has 168 valence electrons. The van der Waals surface area contributed by atoms with Crippen LogP contribution >= 0.6 is 0 Å². The highest BCUT2D eigenvalue weighted by Crippen LogP contribution is 2.36. The van der Waals surface area contributed by atoms with E-state index in [9.17, 15) is 0 Å². The van der Waals surface area contributed by atoms with Gasteiger partial charge in [0.25, 0.3) is 0 Å². The molecule has 0 saturated heterocycles. The van der Waals surface area contributed by atoms with Gasteiger partial charge in [-0.15, -0.1) is 0 Å². The fourth-order valence-corrected chi connectivity index (χ4v) is 4.97. The molecule has 35 heavy (non-hydrogen) atoms. The summed E-state index contributed by atoms with van der Waals surface area (Å²) in [4.78, 5) is 4.94. The van der Waals surface area contributed by atoms with Gasteiger partial charge in [-0.2, -0.15) is 0 Å². The van der Waals surface area contributed by atoms with Crippen LogP contribution in [0.5, 0.6) is 0 Å². The molecule has 1 aliphatic rings. The van der Waals surface area contributed by atoms with Crippen LogP contribution in [0, 0.1) is 0 Å². The van der Waals surface area contributed by atoms with Crippen LogP contribution in [0.3, 0.4) is 0 Å². The van der Waals surface area contributed by atoms with Crippen molar-refractivity contribution in [3.05, 3.63) is 126 Å². The Morgan fingerprint density at radius 1 is 0.686 bits per heavy atom. The van der Waals surface area contributed by atoms with Crippen molar-refractivity contribution >= 4 is 39.3 Å². The van der Waals surface area contributed by atoms with E-state index in [0.717, 1.165) is 22.5 Å². The van der Waals surface area contributed by atoms with Gasteiger partial charge in [-0.1, -0.05) is 72.8 Å². The predicted molar refractivity (Wildman–Crippen MR) is 151 cm³/mol. The minimum Gasteiger partial charge on any atom is -0.309 e. The zero-order chi connectivity index (χ0) is 23.8. The number of hydrogen-bond acceptors (Lipinski definition) is 1. The molecular weight excluding hydrogens is 424 g/mol. The molecular formula is C33H26N2. The van der Waals surface area contributed by atoms with Crippen LogP contribution in [0.25, 0.3) is 44.7 Å². The average Bonchev–Trinajstić information content (AvgIpc) is 3.13. The predicted octanol–water partition coefficient (Wildman–Crippen LogP) is 9.07. The maximum absolute atomic E-state index is 4.94. The van der Waals surface area contributed by atoms with E-state index in [-0.39, 0.29) is 0 Å². The van der Waals surface area contributed by atoms with Gasteiger partial charge in [0.1, 0.15) is 0 Å². The Hall–Kier alpha value is -4.43. The van der Waals surface area contributed by atoms with Gasteiger partial charge in [0.15, 0.2) is 0 Å². The smallest absolute Gasteiger partial charge is 0.0709 e. The average molecular weight is 451 g/mol. The van der Waals surface area contributed by atoms with Gasteiger partial charge in [-0.3, -0.25) is 0 Å². The van der Waals surface area contributed by atoms with Crippen molar-refractivity contribution in [1.82, 2.24) is 4.57 Å². The topological polar surface area (TPSA) is 17.3 Å². The van der Waals surface area contributed by atoms with E-state index < -0.39 is 0 Å². The Morgan fingerprint density at radius 3 is 2.26 bits per heavy atom. The summed E-state index contributed by atoms with van der Waals surface area (Å²) in [6, 6.07) is 32.6. The molecule has 0 unspecified atom stereocenters. The summed E-state index contributed by atoms with van der Waals surface area (Å²) in [6.07, 6.45) is 10.5. The summed E-state index contributed by atoms with van der Waals surface area (Å²) >= 11 is 0. The zero-order valence-corrected chi connectivity index (χ0v) is 19.9. The van der Waals surface area contributed by atoms with Crippen LogP contribution in [0.4, 0.5) is 5.69 Å². The first kappa shape index (κ1) is 21.1. The summed E-state index contributed by atoms with van der Waals surface area (Å²) in [5.41, 5.74) is 10.3. The van der Waals surface area contributed by atoms with Gasteiger partial charge in [-0.25, -0.2) is 4.99 Å². The molecule has 1 aliphatic heterocycles. The lowest BCUT2D eigenvalue weighted by Gasteiger charge is -2.09. The van der Waals surface area contributed by atoms with Crippen LogP contribution in [-0.2, 0) is 0 Å². The highest BCUT2D eigenvalue weighted by molar-refractivity contribution is 6.13. The first-order valence-corrected chi connectivity index (χ1v) is 12.1. The highest BCUT2D eigenvalue weighted by Gasteiger charge is 2.14. The molecule has 1 aromatic heterocycles. The number of allylic oxidation sites excluding steroid dienone is 5.